The Hall–Kier alpha value is -6.98. The summed E-state index contributed by atoms with van der Waals surface area (Å²) in [5, 5.41) is 4.75. The number of hydrogen-bond donors (Lipinski definition) is 0. The largest absolute Gasteiger partial charge is 0.551 e. The highest BCUT2D eigenvalue weighted by Crippen LogP contribution is 2.42. The van der Waals surface area contributed by atoms with Crippen LogP contribution in [-0.4, -0.2) is 11.5 Å². The monoisotopic (exact) mass is 677 g/mol. The molecule has 0 radical (unpaired) electrons. The normalized spacial score (nSPS) is 12.8. The number of nitrogens with zero attached hydrogens (tertiary/aromatic N) is 1. The van der Waals surface area contributed by atoms with Gasteiger partial charge >= 0.3 is 6.92 Å². The number of hydrogen-bond acceptors (Lipinski definition) is 3. The van der Waals surface area contributed by atoms with Crippen molar-refractivity contribution in [2.45, 2.75) is 0 Å². The molecular formula is C48H28BNO3. The van der Waals surface area contributed by atoms with Gasteiger partial charge in [-0.3, -0.25) is 0 Å². The van der Waals surface area contributed by atoms with Gasteiger partial charge in [0, 0.05) is 43.7 Å². The van der Waals surface area contributed by atoms with Gasteiger partial charge in [0.25, 0.3) is 0 Å². The lowest BCUT2D eigenvalue weighted by Gasteiger charge is -2.33. The lowest BCUT2D eigenvalue weighted by Crippen LogP contribution is -2.53. The highest BCUT2D eigenvalue weighted by molar-refractivity contribution is 6.84. The van der Waals surface area contributed by atoms with Gasteiger partial charge in [0.05, 0.1) is 11.0 Å². The molecule has 2 aromatic heterocycles. The van der Waals surface area contributed by atoms with E-state index in [1.807, 2.05) is 18.2 Å². The average Bonchev–Trinajstić information content (AvgIpc) is 3.76. The van der Waals surface area contributed by atoms with Gasteiger partial charge in [0.1, 0.15) is 28.4 Å². The zero-order chi connectivity index (χ0) is 34.6. The molecule has 0 spiro atoms. The Bertz CT molecular complexity index is 3080. The first-order valence-electron chi connectivity index (χ1n) is 18.0. The van der Waals surface area contributed by atoms with Crippen LogP contribution in [0.3, 0.4) is 0 Å². The molecule has 0 unspecified atom stereocenters. The van der Waals surface area contributed by atoms with E-state index in [1.165, 1.54) is 21.8 Å². The Balaban J connectivity index is 0.931. The Labute approximate surface area is 305 Å². The SMILES string of the molecule is c1cc2c3c(c1)-c1ccc(-c4ccc5oc6ccccc6c5c4)cc1OB3c1cc(-c3ccc(-n4c5ccccc5c5ccccc54)cc3)ccc1O2. The summed E-state index contributed by atoms with van der Waals surface area (Å²) in [6, 6.07) is 60.1. The van der Waals surface area contributed by atoms with E-state index in [2.05, 4.69) is 156 Å². The van der Waals surface area contributed by atoms with Gasteiger partial charge in [0.15, 0.2) is 0 Å². The summed E-state index contributed by atoms with van der Waals surface area (Å²) < 4.78 is 22.0. The minimum absolute atomic E-state index is 0.301. The predicted molar refractivity (Wildman–Crippen MR) is 217 cm³/mol. The second-order valence-corrected chi connectivity index (χ2v) is 14.0. The molecule has 8 aromatic carbocycles. The van der Waals surface area contributed by atoms with Crippen LogP contribution < -0.4 is 20.3 Å². The van der Waals surface area contributed by atoms with Crippen molar-refractivity contribution < 1.29 is 13.8 Å². The fourth-order valence-corrected chi connectivity index (χ4v) is 8.62. The van der Waals surface area contributed by atoms with Gasteiger partial charge in [-0.25, -0.2) is 0 Å². The van der Waals surface area contributed by atoms with Crippen LogP contribution in [0.5, 0.6) is 17.2 Å². The molecule has 0 bridgehead atoms. The number of fused-ring (bicyclic) bond motifs is 10. The second-order valence-electron chi connectivity index (χ2n) is 14.0. The van der Waals surface area contributed by atoms with Crippen molar-refractivity contribution in [1.29, 1.82) is 0 Å². The summed E-state index contributed by atoms with van der Waals surface area (Å²) in [5.74, 6) is 2.53. The molecule has 0 fully saturated rings. The van der Waals surface area contributed by atoms with Gasteiger partial charge in [-0.05, 0) is 88.5 Å². The summed E-state index contributed by atoms with van der Waals surface area (Å²) >= 11 is 0. The van der Waals surface area contributed by atoms with E-state index < -0.39 is 0 Å². The summed E-state index contributed by atoms with van der Waals surface area (Å²) in [4.78, 5) is 0. The molecule has 246 valence electrons. The van der Waals surface area contributed by atoms with Crippen molar-refractivity contribution in [3.8, 4) is 56.3 Å². The quantitative estimate of drug-likeness (QED) is 0.175. The molecule has 5 heteroatoms. The van der Waals surface area contributed by atoms with Gasteiger partial charge in [0.2, 0.25) is 0 Å². The van der Waals surface area contributed by atoms with Crippen LogP contribution in [-0.2, 0) is 0 Å². The van der Waals surface area contributed by atoms with Gasteiger partial charge in [-0.1, -0.05) is 109 Å². The minimum Gasteiger partial charge on any atom is -0.551 e. The Kier molecular flexibility index (Phi) is 5.83. The van der Waals surface area contributed by atoms with Gasteiger partial charge in [-0.2, -0.15) is 0 Å². The van der Waals surface area contributed by atoms with Crippen molar-refractivity contribution in [2.24, 2.45) is 0 Å². The van der Waals surface area contributed by atoms with E-state index in [0.29, 0.717) is 0 Å². The van der Waals surface area contributed by atoms with Crippen LogP contribution >= 0.6 is 0 Å². The fourth-order valence-electron chi connectivity index (χ4n) is 8.62. The van der Waals surface area contributed by atoms with Crippen molar-refractivity contribution >= 4 is 61.6 Å². The van der Waals surface area contributed by atoms with Crippen molar-refractivity contribution in [1.82, 2.24) is 4.57 Å². The zero-order valence-electron chi connectivity index (χ0n) is 28.4. The minimum atomic E-state index is -0.301. The zero-order valence-corrected chi connectivity index (χ0v) is 28.4. The Morgan fingerprint density at radius 2 is 1.08 bits per heavy atom. The van der Waals surface area contributed by atoms with Crippen LogP contribution in [0, 0.1) is 0 Å². The maximum absolute atomic E-state index is 7.01. The van der Waals surface area contributed by atoms with E-state index in [1.54, 1.807) is 0 Å². The molecule has 0 amide bonds. The van der Waals surface area contributed by atoms with Gasteiger partial charge < -0.3 is 18.4 Å². The molecule has 4 nitrogen and oxygen atoms in total. The topological polar surface area (TPSA) is 36.5 Å². The van der Waals surface area contributed by atoms with E-state index in [4.69, 9.17) is 13.8 Å². The lowest BCUT2D eigenvalue weighted by atomic mass is 9.50. The number of benzene rings is 8. The summed E-state index contributed by atoms with van der Waals surface area (Å²) in [6.07, 6.45) is 0. The second kappa shape index (κ2) is 10.8. The number of furan rings is 1. The predicted octanol–water partition coefficient (Wildman–Crippen LogP) is 11.3. The third kappa shape index (κ3) is 4.19. The van der Waals surface area contributed by atoms with E-state index >= 15 is 0 Å². The van der Waals surface area contributed by atoms with Gasteiger partial charge in [-0.15, -0.1) is 0 Å². The third-order valence-electron chi connectivity index (χ3n) is 11.1. The van der Waals surface area contributed by atoms with E-state index in [9.17, 15) is 0 Å². The molecule has 0 atom stereocenters. The van der Waals surface area contributed by atoms with Crippen LogP contribution in [0.2, 0.25) is 0 Å². The average molecular weight is 678 g/mol. The molecule has 12 rings (SSSR count). The summed E-state index contributed by atoms with van der Waals surface area (Å²) in [6.45, 7) is -0.301. The summed E-state index contributed by atoms with van der Waals surface area (Å²) in [7, 11) is 0. The molecule has 53 heavy (non-hydrogen) atoms. The molecular weight excluding hydrogens is 649 g/mol. The first-order chi connectivity index (χ1) is 26.2. The van der Waals surface area contributed by atoms with Crippen molar-refractivity contribution in [3.63, 3.8) is 0 Å². The molecule has 10 aromatic rings. The molecule has 2 aliphatic rings. The molecule has 2 aliphatic heterocycles. The Morgan fingerprint density at radius 3 is 1.91 bits per heavy atom. The lowest BCUT2D eigenvalue weighted by molar-refractivity contribution is 0.479. The van der Waals surface area contributed by atoms with Crippen LogP contribution in [0.4, 0.5) is 0 Å². The van der Waals surface area contributed by atoms with Crippen LogP contribution in [0.15, 0.2) is 174 Å². The highest BCUT2D eigenvalue weighted by Gasteiger charge is 2.40. The molecule has 0 saturated carbocycles. The third-order valence-corrected chi connectivity index (χ3v) is 11.1. The highest BCUT2D eigenvalue weighted by atomic mass is 16.5. The van der Waals surface area contributed by atoms with Crippen molar-refractivity contribution in [3.05, 3.63) is 170 Å². The van der Waals surface area contributed by atoms with Crippen molar-refractivity contribution in [2.75, 3.05) is 0 Å². The maximum Gasteiger partial charge on any atom is 0.434 e. The van der Waals surface area contributed by atoms with E-state index in [-0.39, 0.29) is 6.92 Å². The van der Waals surface area contributed by atoms with Crippen LogP contribution in [0.25, 0.3) is 82.8 Å². The number of rotatable bonds is 3. The summed E-state index contributed by atoms with van der Waals surface area (Å²) in [5.41, 5.74) is 14.1. The number of para-hydroxylation sites is 3. The number of aromatic nitrogens is 1. The standard InChI is InChI=1S/C48H28BNO3/c1-4-12-41-34(8-1)35-9-2-5-13-42(35)50(41)33-21-16-29(17-22-33)31-20-25-45-40(27-31)49-48-38(11-7-15-46(48)52-45)37-23-18-32(28-47(37)53-49)30-19-24-44-39(26-30)36-10-3-6-14-43(36)51-44/h1-28H. The van der Waals surface area contributed by atoms with Crippen LogP contribution in [0.1, 0.15) is 0 Å². The smallest absolute Gasteiger partial charge is 0.434 e. The van der Waals surface area contributed by atoms with E-state index in [0.717, 1.165) is 89.2 Å². The first kappa shape index (κ1) is 28.7. The number of ether oxygens (including phenoxy) is 1. The first-order valence-corrected chi connectivity index (χ1v) is 18.0. The Morgan fingerprint density at radius 1 is 0.415 bits per heavy atom. The molecule has 0 N–H and O–H groups in total. The molecule has 0 aliphatic carbocycles. The molecule has 0 saturated heterocycles. The maximum atomic E-state index is 7.01. The molecule has 4 heterocycles. The fraction of sp³-hybridized carbons (Fsp3) is 0.